The molecule has 14 heteroatoms. The number of hydrogen-bond donors (Lipinski definition) is 1. The lowest BCUT2D eigenvalue weighted by atomic mass is 9.92. The number of esters is 1. The van der Waals surface area contributed by atoms with Crippen molar-refractivity contribution in [2.45, 2.75) is 35.4 Å². The number of hydrogen-bond acceptors (Lipinski definition) is 5. The molecule has 150 valence electrons. The zero-order valence-electron chi connectivity index (χ0n) is 12.8. The summed E-state index contributed by atoms with van der Waals surface area (Å²) in [4.78, 5) is 11.7. The van der Waals surface area contributed by atoms with Crippen molar-refractivity contribution >= 4 is 38.9 Å². The summed E-state index contributed by atoms with van der Waals surface area (Å²) >= 11 is 6.08. The number of alkyl halides is 6. The molecule has 0 saturated carbocycles. The molecule has 0 aliphatic carbocycles. The van der Waals surface area contributed by atoms with E-state index in [2.05, 4.69) is 4.74 Å². The molecule has 26 heavy (non-hydrogen) atoms. The van der Waals surface area contributed by atoms with Gasteiger partial charge in [0.2, 0.25) is 0 Å². The van der Waals surface area contributed by atoms with Crippen LogP contribution in [-0.4, -0.2) is 39.9 Å². The molecule has 0 fully saturated rings. The molecule has 5 nitrogen and oxygen atoms in total. The van der Waals surface area contributed by atoms with Gasteiger partial charge in [-0.05, 0) is 12.1 Å². The van der Waals surface area contributed by atoms with Gasteiger partial charge in [0, 0.05) is 18.8 Å². The van der Waals surface area contributed by atoms with Gasteiger partial charge in [-0.2, -0.15) is 31.1 Å². The Kier molecular flexibility index (Phi) is 7.35. The van der Waals surface area contributed by atoms with Gasteiger partial charge in [0.05, 0.1) is 11.4 Å². The van der Waals surface area contributed by atoms with E-state index in [4.69, 9.17) is 11.6 Å². The minimum absolute atomic E-state index is 0.0159. The highest BCUT2D eigenvalue weighted by Gasteiger charge is 2.46. The van der Waals surface area contributed by atoms with Gasteiger partial charge in [-0.25, -0.2) is 8.42 Å². The second-order valence-corrected chi connectivity index (χ2v) is 8.74. The summed E-state index contributed by atoms with van der Waals surface area (Å²) in [7, 11) is -3.89. The summed E-state index contributed by atoms with van der Waals surface area (Å²) in [5.74, 6) is -4.03. The third kappa shape index (κ3) is 7.29. The van der Waals surface area contributed by atoms with E-state index in [0.29, 0.717) is 18.4 Å². The molecule has 1 heterocycles. The number of nitrogens with one attached hydrogen (secondary N) is 1. The van der Waals surface area contributed by atoms with Crippen LogP contribution in [0, 0.1) is 5.92 Å². The van der Waals surface area contributed by atoms with Gasteiger partial charge in [0.1, 0.15) is 10.3 Å². The quantitative estimate of drug-likeness (QED) is 0.510. The van der Waals surface area contributed by atoms with E-state index in [1.807, 2.05) is 0 Å². The van der Waals surface area contributed by atoms with Crippen molar-refractivity contribution in [3.05, 3.63) is 16.5 Å². The normalized spacial score (nSPS) is 14.5. The first-order chi connectivity index (χ1) is 11.6. The molecule has 1 atom stereocenters. The number of methoxy groups -OCH3 is 1. The molecule has 1 aromatic rings. The fraction of sp³-hybridized carbons (Fsp3) is 0.583. The number of ether oxygens (including phenoxy) is 1. The van der Waals surface area contributed by atoms with Crippen LogP contribution in [0.3, 0.4) is 0 Å². The van der Waals surface area contributed by atoms with Crippen LogP contribution < -0.4 is 4.72 Å². The Balaban J connectivity index is 3.24. The molecule has 0 amide bonds. The predicted molar refractivity (Wildman–Crippen MR) is 80.3 cm³/mol. The Morgan fingerprint density at radius 1 is 1.19 bits per heavy atom. The van der Waals surface area contributed by atoms with Crippen molar-refractivity contribution in [1.82, 2.24) is 4.72 Å². The number of sulfonamides is 1. The lowest BCUT2D eigenvalue weighted by molar-refractivity contribution is -0.179. The lowest BCUT2D eigenvalue weighted by Gasteiger charge is -2.27. The highest BCUT2D eigenvalue weighted by molar-refractivity contribution is 7.91. The molecule has 1 N–H and O–H groups in total. The van der Waals surface area contributed by atoms with Crippen molar-refractivity contribution in [1.29, 1.82) is 0 Å². The summed E-state index contributed by atoms with van der Waals surface area (Å²) in [6, 6.07) is -0.239. The monoisotopic (exact) mass is 447 g/mol. The van der Waals surface area contributed by atoms with Crippen molar-refractivity contribution in [2.24, 2.45) is 5.92 Å². The zero-order chi connectivity index (χ0) is 20.3. The predicted octanol–water partition coefficient (Wildman–Crippen LogP) is 3.74. The van der Waals surface area contributed by atoms with Gasteiger partial charge in [-0.1, -0.05) is 11.6 Å². The van der Waals surface area contributed by atoms with E-state index in [-0.39, 0.29) is 4.34 Å². The van der Waals surface area contributed by atoms with E-state index >= 15 is 0 Å². The molecule has 1 unspecified atom stereocenters. The molecular weight excluding hydrogens is 436 g/mol. The van der Waals surface area contributed by atoms with Crippen molar-refractivity contribution in [3.63, 3.8) is 0 Å². The van der Waals surface area contributed by atoms with Gasteiger partial charge >= 0.3 is 18.3 Å². The average molecular weight is 448 g/mol. The fourth-order valence-electron chi connectivity index (χ4n) is 2.03. The first kappa shape index (κ1) is 23.0. The molecule has 0 bridgehead atoms. The van der Waals surface area contributed by atoms with Crippen molar-refractivity contribution < 1.29 is 44.3 Å². The summed E-state index contributed by atoms with van der Waals surface area (Å²) in [5.41, 5.74) is 0. The van der Waals surface area contributed by atoms with E-state index in [0.717, 1.165) is 12.1 Å². The van der Waals surface area contributed by atoms with E-state index in [1.165, 1.54) is 0 Å². The van der Waals surface area contributed by atoms with Gasteiger partial charge in [-0.15, -0.1) is 11.3 Å². The van der Waals surface area contributed by atoms with Gasteiger partial charge in [0.15, 0.2) is 0 Å². The zero-order valence-corrected chi connectivity index (χ0v) is 15.2. The van der Waals surface area contributed by atoms with Crippen molar-refractivity contribution in [2.75, 3.05) is 7.11 Å². The van der Waals surface area contributed by atoms with Gasteiger partial charge < -0.3 is 4.74 Å². The molecule has 0 aromatic carbocycles. The molecule has 0 saturated heterocycles. The third-order valence-electron chi connectivity index (χ3n) is 3.01. The smallest absolute Gasteiger partial charge is 0.389 e. The number of thiophene rings is 1. The summed E-state index contributed by atoms with van der Waals surface area (Å²) in [5, 5.41) is 0. The Labute approximate surface area is 153 Å². The van der Waals surface area contributed by atoms with Crippen LogP contribution in [0.1, 0.15) is 12.8 Å². The largest absolute Gasteiger partial charge is 0.468 e. The maximum absolute atomic E-state index is 12.7. The summed E-state index contributed by atoms with van der Waals surface area (Å²) in [6.07, 6.45) is -14.2. The maximum atomic E-state index is 12.7. The molecule has 0 spiro atoms. The summed E-state index contributed by atoms with van der Waals surface area (Å²) < 4.78 is 106. The third-order valence-corrected chi connectivity index (χ3v) is 6.17. The number of carbonyl (C=O) groups excluding carboxylic acids is 1. The number of halogens is 7. The van der Waals surface area contributed by atoms with E-state index in [9.17, 15) is 39.6 Å². The second kappa shape index (κ2) is 8.31. The first-order valence-corrected chi connectivity index (χ1v) is 9.31. The Hall–Kier alpha value is -1.05. The number of rotatable bonds is 7. The average Bonchev–Trinajstić information content (AvgIpc) is 2.87. The number of carbonyl (C=O) groups is 1. The topological polar surface area (TPSA) is 72.5 Å². The van der Waals surface area contributed by atoms with Crippen LogP contribution >= 0.6 is 22.9 Å². The fourth-order valence-corrected chi connectivity index (χ4v) is 4.79. The standard InChI is InChI=1S/C12H12ClF6NO4S2/c1-24-10(21)9(6(4-11(14,15)16)5-12(17,18)19)20-26(22,23)8-3-2-7(13)25-8/h2-3,6,9,20H,4-5H2,1H3. The van der Waals surface area contributed by atoms with Crippen LogP contribution in [0.4, 0.5) is 26.3 Å². The Bertz CT molecular complexity index is 715. The first-order valence-electron chi connectivity index (χ1n) is 6.63. The van der Waals surface area contributed by atoms with Crippen LogP contribution in [0.15, 0.2) is 16.3 Å². The maximum Gasteiger partial charge on any atom is 0.389 e. The molecular formula is C12H12ClF6NO4S2. The second-order valence-electron chi connectivity index (χ2n) is 5.08. The van der Waals surface area contributed by atoms with Crippen LogP contribution in [0.25, 0.3) is 0 Å². The molecule has 0 aliphatic heterocycles. The highest BCUT2D eigenvalue weighted by atomic mass is 35.5. The van der Waals surface area contributed by atoms with Crippen LogP contribution in [-0.2, 0) is 19.6 Å². The van der Waals surface area contributed by atoms with E-state index < -0.39 is 57.4 Å². The van der Waals surface area contributed by atoms with Crippen LogP contribution in [0.2, 0.25) is 4.34 Å². The Morgan fingerprint density at radius 3 is 2.04 bits per heavy atom. The minimum Gasteiger partial charge on any atom is -0.468 e. The molecule has 1 aromatic heterocycles. The molecule has 0 radical (unpaired) electrons. The van der Waals surface area contributed by atoms with Crippen LogP contribution in [0.5, 0.6) is 0 Å². The van der Waals surface area contributed by atoms with E-state index in [1.54, 1.807) is 4.72 Å². The SMILES string of the molecule is COC(=O)C(NS(=O)(=O)c1ccc(Cl)s1)C(CC(F)(F)F)CC(F)(F)F. The lowest BCUT2D eigenvalue weighted by Crippen LogP contribution is -2.48. The van der Waals surface area contributed by atoms with Gasteiger partial charge in [0.25, 0.3) is 10.0 Å². The van der Waals surface area contributed by atoms with Crippen molar-refractivity contribution in [3.8, 4) is 0 Å². The minimum atomic E-state index is -5.07. The summed E-state index contributed by atoms with van der Waals surface area (Å²) in [6.45, 7) is 0. The molecule has 1 rings (SSSR count). The van der Waals surface area contributed by atoms with Gasteiger partial charge in [-0.3, -0.25) is 4.79 Å². The highest BCUT2D eigenvalue weighted by Crippen LogP contribution is 2.36. The molecule has 0 aliphatic rings. The Morgan fingerprint density at radius 2 is 1.69 bits per heavy atom.